The van der Waals surface area contributed by atoms with E-state index >= 15 is 0 Å². The van der Waals surface area contributed by atoms with Crippen LogP contribution < -0.4 is 10.3 Å². The van der Waals surface area contributed by atoms with Gasteiger partial charge in [-0.2, -0.15) is 0 Å². The van der Waals surface area contributed by atoms with Crippen molar-refractivity contribution in [2.24, 2.45) is 0 Å². The van der Waals surface area contributed by atoms with Gasteiger partial charge in [-0.1, -0.05) is 23.9 Å². The van der Waals surface area contributed by atoms with E-state index in [4.69, 9.17) is 4.74 Å². The lowest BCUT2D eigenvalue weighted by Crippen LogP contribution is -2.22. The Kier molecular flexibility index (Phi) is 5.22. The first-order chi connectivity index (χ1) is 12.5. The molecule has 0 amide bonds. The normalized spacial score (nSPS) is 10.8. The highest BCUT2D eigenvalue weighted by atomic mass is 32.2. The van der Waals surface area contributed by atoms with E-state index in [2.05, 4.69) is 4.98 Å². The van der Waals surface area contributed by atoms with Gasteiger partial charge in [0.15, 0.2) is 5.16 Å². The van der Waals surface area contributed by atoms with E-state index in [-0.39, 0.29) is 11.2 Å². The van der Waals surface area contributed by atoms with Gasteiger partial charge in [0.1, 0.15) is 5.75 Å². The zero-order valence-corrected chi connectivity index (χ0v) is 15.2. The van der Waals surface area contributed by atoms with Gasteiger partial charge in [0, 0.05) is 30.0 Å². The quantitative estimate of drug-likeness (QED) is 0.285. The van der Waals surface area contributed by atoms with Crippen LogP contribution in [0.5, 0.6) is 5.75 Å². The number of fused-ring (bicyclic) bond motifs is 1. The summed E-state index contributed by atoms with van der Waals surface area (Å²) in [6, 6.07) is 11.7. The van der Waals surface area contributed by atoms with Gasteiger partial charge in [-0.05, 0) is 25.1 Å². The molecule has 0 aliphatic carbocycles. The van der Waals surface area contributed by atoms with E-state index in [1.807, 2.05) is 19.1 Å². The number of hydrogen-bond donors (Lipinski definition) is 0. The number of thioether (sulfide) groups is 1. The lowest BCUT2D eigenvalue weighted by Gasteiger charge is -2.12. The summed E-state index contributed by atoms with van der Waals surface area (Å²) in [5, 5.41) is 12.2. The maximum atomic E-state index is 12.7. The molecule has 0 radical (unpaired) electrons. The van der Waals surface area contributed by atoms with E-state index in [0.717, 1.165) is 0 Å². The molecule has 1 aromatic heterocycles. The number of aromatic nitrogens is 2. The largest absolute Gasteiger partial charge is 0.496 e. The summed E-state index contributed by atoms with van der Waals surface area (Å²) < 4.78 is 6.90. The summed E-state index contributed by atoms with van der Waals surface area (Å²) in [6.45, 7) is 2.38. The van der Waals surface area contributed by atoms with Crippen LogP contribution in [-0.2, 0) is 12.3 Å². The second kappa shape index (κ2) is 7.57. The van der Waals surface area contributed by atoms with Crippen molar-refractivity contribution in [2.75, 3.05) is 7.11 Å². The smallest absolute Gasteiger partial charge is 0.270 e. The SMILES string of the molecule is CCn1c(SCc2cc([N+](=O)[O-])ccc2OC)nc2ccccc2c1=O. The fourth-order valence-corrected chi connectivity index (χ4v) is 3.71. The molecule has 2 aromatic carbocycles. The number of nitro groups is 1. The molecule has 0 saturated carbocycles. The predicted molar refractivity (Wildman–Crippen MR) is 101 cm³/mol. The first kappa shape index (κ1) is 17.9. The van der Waals surface area contributed by atoms with Gasteiger partial charge in [0.2, 0.25) is 0 Å². The molecule has 0 aliphatic heterocycles. The Labute approximate surface area is 153 Å². The number of ether oxygens (including phenoxy) is 1. The number of para-hydroxylation sites is 1. The fraction of sp³-hybridized carbons (Fsp3) is 0.222. The highest BCUT2D eigenvalue weighted by Crippen LogP contribution is 2.30. The van der Waals surface area contributed by atoms with E-state index in [1.54, 1.807) is 22.8 Å². The number of nitro benzene ring substituents is 1. The Hall–Kier alpha value is -2.87. The van der Waals surface area contributed by atoms with Crippen LogP contribution in [0, 0.1) is 10.1 Å². The van der Waals surface area contributed by atoms with Crippen molar-refractivity contribution < 1.29 is 9.66 Å². The highest BCUT2D eigenvalue weighted by molar-refractivity contribution is 7.98. The maximum Gasteiger partial charge on any atom is 0.270 e. The third kappa shape index (κ3) is 3.41. The number of nitrogens with zero attached hydrogens (tertiary/aromatic N) is 3. The molecular formula is C18H17N3O4S. The standard InChI is InChI=1S/C18H17N3O4S/c1-3-20-17(22)14-6-4-5-7-15(14)19-18(20)26-11-12-10-13(21(23)24)8-9-16(12)25-2/h4-10H,3,11H2,1-2H3. The molecule has 3 rings (SSSR count). The van der Waals surface area contributed by atoms with Crippen molar-refractivity contribution in [1.29, 1.82) is 0 Å². The van der Waals surface area contributed by atoms with Gasteiger partial charge in [-0.25, -0.2) is 4.98 Å². The molecule has 26 heavy (non-hydrogen) atoms. The summed E-state index contributed by atoms with van der Waals surface area (Å²) in [5.74, 6) is 0.963. The Morgan fingerprint density at radius 1 is 1.27 bits per heavy atom. The monoisotopic (exact) mass is 371 g/mol. The van der Waals surface area contributed by atoms with Crippen LogP contribution in [0.4, 0.5) is 5.69 Å². The number of rotatable bonds is 6. The van der Waals surface area contributed by atoms with Gasteiger partial charge in [-0.15, -0.1) is 0 Å². The third-order valence-corrected chi connectivity index (χ3v) is 5.00. The molecule has 0 aliphatic rings. The van der Waals surface area contributed by atoms with Crippen molar-refractivity contribution >= 4 is 28.4 Å². The second-order valence-corrected chi connectivity index (χ2v) is 6.45. The topological polar surface area (TPSA) is 87.3 Å². The molecule has 0 atom stereocenters. The Bertz CT molecular complexity index is 1030. The zero-order chi connectivity index (χ0) is 18.7. The van der Waals surface area contributed by atoms with Crippen LogP contribution in [0.15, 0.2) is 52.4 Å². The van der Waals surface area contributed by atoms with Gasteiger partial charge in [-0.3, -0.25) is 19.5 Å². The average molecular weight is 371 g/mol. The molecular weight excluding hydrogens is 354 g/mol. The van der Waals surface area contributed by atoms with E-state index in [0.29, 0.717) is 39.7 Å². The molecule has 0 fully saturated rings. The molecule has 1 heterocycles. The molecule has 0 saturated heterocycles. The van der Waals surface area contributed by atoms with Crippen LogP contribution in [0.2, 0.25) is 0 Å². The minimum absolute atomic E-state index is 0.000697. The second-order valence-electron chi connectivity index (χ2n) is 5.50. The van der Waals surface area contributed by atoms with Crippen molar-refractivity contribution in [3.05, 3.63) is 68.5 Å². The lowest BCUT2D eigenvalue weighted by atomic mass is 10.2. The first-order valence-electron chi connectivity index (χ1n) is 7.98. The van der Waals surface area contributed by atoms with Gasteiger partial charge in [0.25, 0.3) is 11.2 Å². The third-order valence-electron chi connectivity index (χ3n) is 3.97. The van der Waals surface area contributed by atoms with Crippen molar-refractivity contribution in [1.82, 2.24) is 9.55 Å². The summed E-state index contributed by atoms with van der Waals surface area (Å²) >= 11 is 1.35. The Morgan fingerprint density at radius 2 is 2.04 bits per heavy atom. The number of methoxy groups -OCH3 is 1. The lowest BCUT2D eigenvalue weighted by molar-refractivity contribution is -0.384. The van der Waals surface area contributed by atoms with Crippen LogP contribution >= 0.6 is 11.8 Å². The molecule has 3 aromatic rings. The number of non-ortho nitro benzene ring substituents is 1. The van der Waals surface area contributed by atoms with Crippen LogP contribution in [-0.4, -0.2) is 21.6 Å². The minimum Gasteiger partial charge on any atom is -0.496 e. The maximum absolute atomic E-state index is 12.7. The van der Waals surface area contributed by atoms with E-state index < -0.39 is 4.92 Å². The van der Waals surface area contributed by atoms with Gasteiger partial charge in [0.05, 0.1) is 22.9 Å². The molecule has 0 N–H and O–H groups in total. The first-order valence-corrected chi connectivity index (χ1v) is 8.97. The summed E-state index contributed by atoms with van der Waals surface area (Å²) in [7, 11) is 1.52. The van der Waals surface area contributed by atoms with Crippen LogP contribution in [0.3, 0.4) is 0 Å². The predicted octanol–water partition coefficient (Wildman–Crippen LogP) is 3.63. The van der Waals surface area contributed by atoms with Crippen LogP contribution in [0.25, 0.3) is 10.9 Å². The van der Waals surface area contributed by atoms with Crippen molar-refractivity contribution in [2.45, 2.75) is 24.4 Å². The average Bonchev–Trinajstić information content (AvgIpc) is 2.66. The number of hydrogen-bond acceptors (Lipinski definition) is 6. The van der Waals surface area contributed by atoms with Gasteiger partial charge < -0.3 is 4.74 Å². The highest BCUT2D eigenvalue weighted by Gasteiger charge is 2.14. The Morgan fingerprint density at radius 3 is 2.73 bits per heavy atom. The number of benzene rings is 2. The molecule has 0 bridgehead atoms. The molecule has 0 unspecified atom stereocenters. The van der Waals surface area contributed by atoms with E-state index in [9.17, 15) is 14.9 Å². The Balaban J connectivity index is 1.99. The molecule has 7 nitrogen and oxygen atoms in total. The van der Waals surface area contributed by atoms with Gasteiger partial charge >= 0.3 is 0 Å². The summed E-state index contributed by atoms with van der Waals surface area (Å²) in [4.78, 5) is 27.8. The van der Waals surface area contributed by atoms with E-state index in [1.165, 1.54) is 31.0 Å². The van der Waals surface area contributed by atoms with Crippen molar-refractivity contribution in [3.63, 3.8) is 0 Å². The zero-order valence-electron chi connectivity index (χ0n) is 14.3. The summed E-state index contributed by atoms with van der Waals surface area (Å²) in [5.41, 5.74) is 1.22. The molecule has 134 valence electrons. The molecule has 0 spiro atoms. The molecule has 8 heteroatoms. The fourth-order valence-electron chi connectivity index (χ4n) is 2.67. The van der Waals surface area contributed by atoms with Crippen molar-refractivity contribution in [3.8, 4) is 5.75 Å². The minimum atomic E-state index is -0.441. The van der Waals surface area contributed by atoms with Crippen LogP contribution in [0.1, 0.15) is 12.5 Å². The summed E-state index contributed by atoms with van der Waals surface area (Å²) in [6.07, 6.45) is 0.